The molecule has 2 heterocycles. The van der Waals surface area contributed by atoms with Crippen LogP contribution in [0, 0.1) is 0 Å². The lowest BCUT2D eigenvalue weighted by atomic mass is 10.2. The molecule has 3 rings (SSSR count). The molecule has 1 N–H and O–H groups in total. The molecule has 1 amide bonds. The fourth-order valence-electron chi connectivity index (χ4n) is 2.88. The number of piperazine rings is 1. The van der Waals surface area contributed by atoms with Gasteiger partial charge in [0.2, 0.25) is 5.91 Å². The van der Waals surface area contributed by atoms with Crippen molar-refractivity contribution in [3.8, 4) is 0 Å². The number of amides is 1. The third-order valence-corrected chi connectivity index (χ3v) is 5.37. The average molecular weight is 360 g/mol. The van der Waals surface area contributed by atoms with Gasteiger partial charge in [0.05, 0.1) is 17.1 Å². The van der Waals surface area contributed by atoms with E-state index in [1.807, 2.05) is 25.2 Å². The third kappa shape index (κ3) is 4.52. The van der Waals surface area contributed by atoms with Crippen molar-refractivity contribution in [2.75, 3.05) is 48.7 Å². The minimum atomic E-state index is -0.0346. The Morgan fingerprint density at radius 1 is 1.24 bits per heavy atom. The first-order chi connectivity index (χ1) is 12.2. The van der Waals surface area contributed by atoms with Gasteiger partial charge in [-0.3, -0.25) is 4.79 Å². The Kier molecular flexibility index (Phi) is 5.93. The SMILES string of the molecule is CCN1CCN(c2ccccc2NC(=O)CSc2nncn2C)CC1. The molecule has 1 aromatic heterocycles. The van der Waals surface area contributed by atoms with Crippen LogP contribution in [0.4, 0.5) is 11.4 Å². The number of nitrogens with zero attached hydrogens (tertiary/aromatic N) is 5. The first-order valence-electron chi connectivity index (χ1n) is 8.50. The Morgan fingerprint density at radius 2 is 2.00 bits per heavy atom. The van der Waals surface area contributed by atoms with Gasteiger partial charge < -0.3 is 19.7 Å². The maximum Gasteiger partial charge on any atom is 0.234 e. The van der Waals surface area contributed by atoms with E-state index in [-0.39, 0.29) is 5.91 Å². The van der Waals surface area contributed by atoms with Gasteiger partial charge in [-0.25, -0.2) is 0 Å². The van der Waals surface area contributed by atoms with Crippen molar-refractivity contribution in [3.63, 3.8) is 0 Å². The van der Waals surface area contributed by atoms with Crippen LogP contribution >= 0.6 is 11.8 Å². The molecule has 0 atom stereocenters. The molecule has 134 valence electrons. The summed E-state index contributed by atoms with van der Waals surface area (Å²) in [6.45, 7) is 7.36. The van der Waals surface area contributed by atoms with E-state index in [9.17, 15) is 4.79 Å². The van der Waals surface area contributed by atoms with E-state index in [1.54, 1.807) is 10.9 Å². The molecule has 2 aromatic rings. The number of para-hydroxylation sites is 2. The Labute approximate surface area is 152 Å². The number of likely N-dealkylation sites (N-methyl/N-ethyl adjacent to an activating group) is 1. The Hall–Kier alpha value is -2.06. The highest BCUT2D eigenvalue weighted by Crippen LogP contribution is 2.27. The molecule has 0 saturated carbocycles. The van der Waals surface area contributed by atoms with E-state index in [4.69, 9.17) is 0 Å². The van der Waals surface area contributed by atoms with Crippen LogP contribution in [0.5, 0.6) is 0 Å². The van der Waals surface area contributed by atoms with Crippen LogP contribution < -0.4 is 10.2 Å². The van der Waals surface area contributed by atoms with Crippen LogP contribution in [0.2, 0.25) is 0 Å². The van der Waals surface area contributed by atoms with Crippen molar-refractivity contribution >= 4 is 29.0 Å². The summed E-state index contributed by atoms with van der Waals surface area (Å²) in [7, 11) is 1.87. The van der Waals surface area contributed by atoms with Gasteiger partial charge in [0, 0.05) is 33.2 Å². The maximum absolute atomic E-state index is 12.3. The van der Waals surface area contributed by atoms with Crippen molar-refractivity contribution in [2.24, 2.45) is 7.05 Å². The van der Waals surface area contributed by atoms with Gasteiger partial charge >= 0.3 is 0 Å². The number of anilines is 2. The summed E-state index contributed by atoms with van der Waals surface area (Å²) >= 11 is 1.38. The lowest BCUT2D eigenvalue weighted by Crippen LogP contribution is -2.46. The first-order valence-corrected chi connectivity index (χ1v) is 9.49. The van der Waals surface area contributed by atoms with Crippen molar-refractivity contribution < 1.29 is 4.79 Å². The molecule has 0 bridgehead atoms. The highest BCUT2D eigenvalue weighted by molar-refractivity contribution is 7.99. The van der Waals surface area contributed by atoms with Gasteiger partial charge in [0.15, 0.2) is 5.16 Å². The molecular weight excluding hydrogens is 336 g/mol. The van der Waals surface area contributed by atoms with Gasteiger partial charge in [-0.15, -0.1) is 10.2 Å². The fraction of sp³-hybridized carbons (Fsp3) is 0.471. The Morgan fingerprint density at radius 3 is 2.68 bits per heavy atom. The smallest absolute Gasteiger partial charge is 0.234 e. The molecule has 1 fully saturated rings. The minimum Gasteiger partial charge on any atom is -0.367 e. The van der Waals surface area contributed by atoms with E-state index >= 15 is 0 Å². The molecular formula is C17H24N6OS. The second-order valence-corrected chi connectivity index (χ2v) is 6.94. The van der Waals surface area contributed by atoms with Crippen LogP contribution in [-0.2, 0) is 11.8 Å². The average Bonchev–Trinajstić information content (AvgIpc) is 3.05. The quantitative estimate of drug-likeness (QED) is 0.791. The van der Waals surface area contributed by atoms with Crippen LogP contribution in [0.1, 0.15) is 6.92 Å². The summed E-state index contributed by atoms with van der Waals surface area (Å²) in [6, 6.07) is 8.02. The van der Waals surface area contributed by atoms with Gasteiger partial charge in [-0.1, -0.05) is 30.8 Å². The molecule has 0 radical (unpaired) electrons. The summed E-state index contributed by atoms with van der Waals surface area (Å²) in [4.78, 5) is 17.1. The first kappa shape index (κ1) is 17.8. The molecule has 0 aliphatic carbocycles. The number of aryl methyl sites for hydroxylation is 1. The van der Waals surface area contributed by atoms with E-state index in [2.05, 4.69) is 38.3 Å². The lowest BCUT2D eigenvalue weighted by molar-refractivity contribution is -0.113. The predicted molar refractivity (Wildman–Crippen MR) is 101 cm³/mol. The second-order valence-electron chi connectivity index (χ2n) is 6.00. The number of rotatable bonds is 6. The summed E-state index contributed by atoms with van der Waals surface area (Å²) in [6.07, 6.45) is 1.63. The third-order valence-electron chi connectivity index (χ3n) is 4.34. The predicted octanol–water partition coefficient (Wildman–Crippen LogP) is 1.69. The molecule has 7 nitrogen and oxygen atoms in total. The van der Waals surface area contributed by atoms with E-state index in [1.165, 1.54) is 11.8 Å². The number of aromatic nitrogens is 3. The highest BCUT2D eigenvalue weighted by atomic mass is 32.2. The zero-order valence-electron chi connectivity index (χ0n) is 14.7. The van der Waals surface area contributed by atoms with E-state index < -0.39 is 0 Å². The number of thioether (sulfide) groups is 1. The normalized spacial score (nSPS) is 15.4. The highest BCUT2D eigenvalue weighted by Gasteiger charge is 2.19. The van der Waals surface area contributed by atoms with Gasteiger partial charge in [0.1, 0.15) is 6.33 Å². The van der Waals surface area contributed by atoms with Crippen molar-refractivity contribution in [2.45, 2.75) is 12.1 Å². The van der Waals surface area contributed by atoms with Crippen molar-refractivity contribution in [1.29, 1.82) is 0 Å². The molecule has 0 unspecified atom stereocenters. The summed E-state index contributed by atoms with van der Waals surface area (Å²) in [5.41, 5.74) is 1.96. The summed E-state index contributed by atoms with van der Waals surface area (Å²) in [5, 5.41) is 11.6. The molecule has 1 aliphatic heterocycles. The lowest BCUT2D eigenvalue weighted by Gasteiger charge is -2.36. The number of carbonyl (C=O) groups excluding carboxylic acids is 1. The van der Waals surface area contributed by atoms with Crippen LogP contribution in [-0.4, -0.2) is 64.0 Å². The minimum absolute atomic E-state index is 0.0346. The largest absolute Gasteiger partial charge is 0.367 e. The zero-order chi connectivity index (χ0) is 17.6. The van der Waals surface area contributed by atoms with Crippen LogP contribution in [0.25, 0.3) is 0 Å². The topological polar surface area (TPSA) is 66.3 Å². The van der Waals surface area contributed by atoms with Crippen LogP contribution in [0.15, 0.2) is 35.7 Å². The fourth-order valence-corrected chi connectivity index (χ4v) is 3.57. The molecule has 0 spiro atoms. The van der Waals surface area contributed by atoms with E-state index in [0.29, 0.717) is 5.75 Å². The summed E-state index contributed by atoms with van der Waals surface area (Å²) < 4.78 is 1.80. The maximum atomic E-state index is 12.3. The molecule has 1 aromatic carbocycles. The number of carbonyl (C=O) groups is 1. The van der Waals surface area contributed by atoms with Crippen LogP contribution in [0.3, 0.4) is 0 Å². The van der Waals surface area contributed by atoms with Gasteiger partial charge in [0.25, 0.3) is 0 Å². The van der Waals surface area contributed by atoms with Crippen molar-refractivity contribution in [3.05, 3.63) is 30.6 Å². The zero-order valence-corrected chi connectivity index (χ0v) is 15.5. The second kappa shape index (κ2) is 8.35. The molecule has 25 heavy (non-hydrogen) atoms. The van der Waals surface area contributed by atoms with Crippen molar-refractivity contribution in [1.82, 2.24) is 19.7 Å². The monoisotopic (exact) mass is 360 g/mol. The Balaban J connectivity index is 1.61. The van der Waals surface area contributed by atoms with E-state index in [0.717, 1.165) is 49.3 Å². The number of benzene rings is 1. The van der Waals surface area contributed by atoms with Gasteiger partial charge in [-0.2, -0.15) is 0 Å². The number of hydrogen-bond acceptors (Lipinski definition) is 6. The molecule has 1 aliphatic rings. The Bertz CT molecular complexity index is 711. The standard InChI is InChI=1S/C17H24N6OS/c1-3-22-8-10-23(11-9-22)15-7-5-4-6-14(15)19-16(24)12-25-17-20-18-13-21(17)2/h4-7,13H,3,8-12H2,1-2H3,(H,19,24). The molecule has 1 saturated heterocycles. The number of nitrogens with one attached hydrogen (secondary N) is 1. The summed E-state index contributed by atoms with van der Waals surface area (Å²) in [5.74, 6) is 0.275. The number of hydrogen-bond donors (Lipinski definition) is 1. The molecule has 8 heteroatoms. The van der Waals surface area contributed by atoms with Gasteiger partial charge in [-0.05, 0) is 18.7 Å².